The maximum Gasteiger partial charge on any atom is 0.256 e. The van der Waals surface area contributed by atoms with Crippen molar-refractivity contribution in [2.24, 2.45) is 0 Å². The van der Waals surface area contributed by atoms with Crippen molar-refractivity contribution in [3.8, 4) is 17.1 Å². The highest BCUT2D eigenvalue weighted by Crippen LogP contribution is 2.23. The number of aromatic hydroxyl groups is 1. The molecular weight excluding hydrogens is 256 g/mol. The standard InChI is InChI=1S/C14H12N4O2/c1-15-14(20)10-8-16-18-12(19)7-11(17-13(10)18)9-5-3-2-4-6-9/h2-8,19H,1H3,(H,15,20). The molecular formula is C14H12N4O2. The second kappa shape index (κ2) is 4.65. The third-order valence-corrected chi connectivity index (χ3v) is 2.99. The van der Waals surface area contributed by atoms with Crippen molar-refractivity contribution >= 4 is 11.6 Å². The van der Waals surface area contributed by atoms with Crippen molar-refractivity contribution in [1.82, 2.24) is 19.9 Å². The quantitative estimate of drug-likeness (QED) is 0.737. The smallest absolute Gasteiger partial charge is 0.256 e. The zero-order valence-electron chi connectivity index (χ0n) is 10.7. The summed E-state index contributed by atoms with van der Waals surface area (Å²) in [7, 11) is 1.53. The van der Waals surface area contributed by atoms with Gasteiger partial charge in [-0.25, -0.2) is 4.98 Å². The van der Waals surface area contributed by atoms with Gasteiger partial charge in [-0.1, -0.05) is 30.3 Å². The number of rotatable bonds is 2. The number of carbonyl (C=O) groups is 1. The number of carbonyl (C=O) groups excluding carboxylic acids is 1. The molecule has 0 aliphatic carbocycles. The first-order chi connectivity index (χ1) is 9.70. The van der Waals surface area contributed by atoms with Gasteiger partial charge in [0.05, 0.1) is 11.9 Å². The lowest BCUT2D eigenvalue weighted by Gasteiger charge is -2.04. The first kappa shape index (κ1) is 12.2. The van der Waals surface area contributed by atoms with Crippen LogP contribution >= 0.6 is 0 Å². The van der Waals surface area contributed by atoms with Gasteiger partial charge in [0.2, 0.25) is 5.88 Å². The first-order valence-corrected chi connectivity index (χ1v) is 6.06. The zero-order valence-corrected chi connectivity index (χ0v) is 10.7. The number of benzene rings is 1. The molecule has 2 heterocycles. The number of aromatic nitrogens is 3. The molecule has 2 aromatic heterocycles. The van der Waals surface area contributed by atoms with Crippen molar-refractivity contribution < 1.29 is 9.90 Å². The molecule has 1 amide bonds. The minimum absolute atomic E-state index is 0.0657. The van der Waals surface area contributed by atoms with Crippen LogP contribution in [0.25, 0.3) is 16.9 Å². The van der Waals surface area contributed by atoms with Crippen molar-refractivity contribution in [2.75, 3.05) is 7.05 Å². The fourth-order valence-electron chi connectivity index (χ4n) is 2.00. The Morgan fingerprint density at radius 1 is 1.30 bits per heavy atom. The van der Waals surface area contributed by atoms with Crippen LogP contribution in [0.3, 0.4) is 0 Å². The van der Waals surface area contributed by atoms with Crippen LogP contribution < -0.4 is 5.32 Å². The van der Waals surface area contributed by atoms with Gasteiger partial charge in [-0.3, -0.25) is 4.79 Å². The van der Waals surface area contributed by atoms with E-state index in [0.717, 1.165) is 5.56 Å². The minimum atomic E-state index is -0.294. The highest BCUT2D eigenvalue weighted by atomic mass is 16.3. The van der Waals surface area contributed by atoms with Crippen molar-refractivity contribution in [2.45, 2.75) is 0 Å². The second-order valence-electron chi connectivity index (χ2n) is 4.24. The van der Waals surface area contributed by atoms with Gasteiger partial charge in [0.25, 0.3) is 5.91 Å². The molecule has 1 aromatic carbocycles. The lowest BCUT2D eigenvalue weighted by molar-refractivity contribution is 0.0964. The number of amides is 1. The Hall–Kier alpha value is -2.89. The Balaban J connectivity index is 2.24. The van der Waals surface area contributed by atoms with E-state index < -0.39 is 0 Å². The van der Waals surface area contributed by atoms with E-state index in [4.69, 9.17) is 0 Å². The summed E-state index contributed by atoms with van der Waals surface area (Å²) < 4.78 is 1.23. The maximum atomic E-state index is 11.8. The lowest BCUT2D eigenvalue weighted by Crippen LogP contribution is -2.17. The minimum Gasteiger partial charge on any atom is -0.493 e. The molecule has 0 saturated carbocycles. The van der Waals surface area contributed by atoms with Gasteiger partial charge in [-0.15, -0.1) is 0 Å². The van der Waals surface area contributed by atoms with Gasteiger partial charge in [-0.2, -0.15) is 9.61 Å². The average molecular weight is 268 g/mol. The monoisotopic (exact) mass is 268 g/mol. The third-order valence-electron chi connectivity index (χ3n) is 2.99. The lowest BCUT2D eigenvalue weighted by atomic mass is 10.1. The molecule has 0 unspecified atom stereocenters. The summed E-state index contributed by atoms with van der Waals surface area (Å²) in [5.41, 5.74) is 2.08. The summed E-state index contributed by atoms with van der Waals surface area (Å²) in [5, 5.41) is 16.5. The van der Waals surface area contributed by atoms with Gasteiger partial charge >= 0.3 is 0 Å². The van der Waals surface area contributed by atoms with Gasteiger partial charge in [0.1, 0.15) is 5.56 Å². The van der Waals surface area contributed by atoms with Gasteiger partial charge in [-0.05, 0) is 0 Å². The van der Waals surface area contributed by atoms with E-state index in [1.54, 1.807) is 0 Å². The number of fused-ring (bicyclic) bond motifs is 1. The predicted octanol–water partition coefficient (Wildman–Crippen LogP) is 1.46. The van der Waals surface area contributed by atoms with Crippen LogP contribution in [0, 0.1) is 0 Å². The second-order valence-corrected chi connectivity index (χ2v) is 4.24. The van der Waals surface area contributed by atoms with Crippen molar-refractivity contribution in [1.29, 1.82) is 0 Å². The summed E-state index contributed by atoms with van der Waals surface area (Å²) in [5.74, 6) is -0.360. The normalized spacial score (nSPS) is 10.7. The topological polar surface area (TPSA) is 79.5 Å². The number of hydrogen-bond acceptors (Lipinski definition) is 4. The van der Waals surface area contributed by atoms with E-state index in [1.807, 2.05) is 30.3 Å². The molecule has 100 valence electrons. The van der Waals surface area contributed by atoms with E-state index in [2.05, 4.69) is 15.4 Å². The van der Waals surface area contributed by atoms with Crippen LogP contribution in [0.15, 0.2) is 42.6 Å². The molecule has 0 spiro atoms. The fraction of sp³-hybridized carbons (Fsp3) is 0.0714. The van der Waals surface area contributed by atoms with Crippen molar-refractivity contribution in [3.63, 3.8) is 0 Å². The number of hydrogen-bond donors (Lipinski definition) is 2. The van der Waals surface area contributed by atoms with E-state index in [9.17, 15) is 9.90 Å². The van der Waals surface area contributed by atoms with E-state index in [-0.39, 0.29) is 11.8 Å². The molecule has 0 radical (unpaired) electrons. The average Bonchev–Trinajstić information content (AvgIpc) is 2.92. The zero-order chi connectivity index (χ0) is 14.1. The molecule has 2 N–H and O–H groups in total. The number of nitrogens with one attached hydrogen (secondary N) is 1. The third kappa shape index (κ3) is 1.87. The summed E-state index contributed by atoms with van der Waals surface area (Å²) in [4.78, 5) is 16.2. The van der Waals surface area contributed by atoms with Gasteiger partial charge in [0.15, 0.2) is 5.65 Å². The highest BCUT2D eigenvalue weighted by Gasteiger charge is 2.16. The summed E-state index contributed by atoms with van der Waals surface area (Å²) in [6.45, 7) is 0. The maximum absolute atomic E-state index is 11.8. The molecule has 3 aromatic rings. The molecule has 6 nitrogen and oxygen atoms in total. The molecule has 0 bridgehead atoms. The molecule has 6 heteroatoms. The highest BCUT2D eigenvalue weighted by molar-refractivity contribution is 5.99. The Bertz CT molecular complexity index is 780. The SMILES string of the molecule is CNC(=O)c1cnn2c(O)cc(-c3ccccc3)nc12. The fourth-order valence-corrected chi connectivity index (χ4v) is 2.00. The molecule has 0 saturated heterocycles. The molecule has 0 aliphatic heterocycles. The van der Waals surface area contributed by atoms with Crippen LogP contribution in [0.2, 0.25) is 0 Å². The molecule has 20 heavy (non-hydrogen) atoms. The van der Waals surface area contributed by atoms with Crippen LogP contribution in [0.5, 0.6) is 5.88 Å². The Kier molecular flexibility index (Phi) is 2.83. The van der Waals surface area contributed by atoms with Crippen LogP contribution in [-0.2, 0) is 0 Å². The van der Waals surface area contributed by atoms with Crippen LogP contribution in [0.4, 0.5) is 0 Å². The van der Waals surface area contributed by atoms with E-state index in [1.165, 1.54) is 23.8 Å². The largest absolute Gasteiger partial charge is 0.493 e. The predicted molar refractivity (Wildman–Crippen MR) is 73.5 cm³/mol. The van der Waals surface area contributed by atoms with Gasteiger partial charge < -0.3 is 10.4 Å². The van der Waals surface area contributed by atoms with Crippen molar-refractivity contribution in [3.05, 3.63) is 48.2 Å². The summed E-state index contributed by atoms with van der Waals surface area (Å²) in [6, 6.07) is 10.9. The molecule has 0 atom stereocenters. The molecule has 0 aliphatic rings. The Morgan fingerprint density at radius 3 is 2.75 bits per heavy atom. The first-order valence-electron chi connectivity index (χ1n) is 6.06. The number of nitrogens with zero attached hydrogens (tertiary/aromatic N) is 3. The van der Waals surface area contributed by atoms with Gasteiger partial charge in [0, 0.05) is 18.7 Å². The molecule has 0 fully saturated rings. The Labute approximate surface area is 114 Å². The van der Waals surface area contributed by atoms with Crippen LogP contribution in [-0.4, -0.2) is 32.7 Å². The van der Waals surface area contributed by atoms with E-state index in [0.29, 0.717) is 16.9 Å². The summed E-state index contributed by atoms with van der Waals surface area (Å²) >= 11 is 0. The Morgan fingerprint density at radius 2 is 2.05 bits per heavy atom. The summed E-state index contributed by atoms with van der Waals surface area (Å²) in [6.07, 6.45) is 1.38. The van der Waals surface area contributed by atoms with Crippen LogP contribution in [0.1, 0.15) is 10.4 Å². The molecule has 3 rings (SSSR count). The van der Waals surface area contributed by atoms with E-state index >= 15 is 0 Å².